The van der Waals surface area contributed by atoms with Crippen LogP contribution in [0.3, 0.4) is 0 Å². The van der Waals surface area contributed by atoms with Crippen LogP contribution < -0.4 is 10.6 Å². The number of nitrogens with one attached hydrogen (secondary N) is 2. The lowest BCUT2D eigenvalue weighted by atomic mass is 10.2. The van der Waals surface area contributed by atoms with Crippen molar-refractivity contribution in [2.75, 3.05) is 5.32 Å². The topological polar surface area (TPSA) is 82.0 Å². The molecule has 2 aromatic carbocycles. The highest BCUT2D eigenvalue weighted by Crippen LogP contribution is 2.17. The van der Waals surface area contributed by atoms with Gasteiger partial charge in [0.1, 0.15) is 6.42 Å². The van der Waals surface area contributed by atoms with Crippen LogP contribution in [0.4, 0.5) is 5.69 Å². The van der Waals surface area contributed by atoms with Crippen molar-refractivity contribution < 1.29 is 9.59 Å². The van der Waals surface area contributed by atoms with E-state index in [4.69, 9.17) is 5.26 Å². The van der Waals surface area contributed by atoms with Crippen LogP contribution in [0.15, 0.2) is 59.1 Å². The molecule has 2 rings (SSSR count). The first-order valence-electron chi connectivity index (χ1n) is 7.54. The Kier molecular flexibility index (Phi) is 6.93. The Labute approximate surface area is 154 Å². The summed E-state index contributed by atoms with van der Waals surface area (Å²) in [6.45, 7) is 0.334. The Morgan fingerprint density at radius 1 is 1.16 bits per heavy atom. The molecule has 5 nitrogen and oxygen atoms in total. The number of carbonyl (C=O) groups excluding carboxylic acids is 2. The summed E-state index contributed by atoms with van der Waals surface area (Å²) in [6.07, 6.45) is 3.01. The Morgan fingerprint density at radius 2 is 1.96 bits per heavy atom. The Morgan fingerprint density at radius 3 is 2.72 bits per heavy atom. The fraction of sp³-hybridized carbons (Fsp3) is 0.105. The summed E-state index contributed by atoms with van der Waals surface area (Å²) in [4.78, 5) is 23.4. The number of hydrogen-bond donors (Lipinski definition) is 2. The third-order valence-electron chi connectivity index (χ3n) is 3.24. The predicted octanol–water partition coefficient (Wildman–Crippen LogP) is 3.63. The summed E-state index contributed by atoms with van der Waals surface area (Å²) in [5, 5.41) is 13.9. The Bertz CT molecular complexity index is 841. The molecule has 0 aromatic heterocycles. The van der Waals surface area contributed by atoms with Gasteiger partial charge in [-0.25, -0.2) is 0 Å². The lowest BCUT2D eigenvalue weighted by Gasteiger charge is -2.07. The van der Waals surface area contributed by atoms with Gasteiger partial charge in [0.25, 0.3) is 0 Å². The van der Waals surface area contributed by atoms with E-state index in [2.05, 4.69) is 26.6 Å². The molecule has 0 atom stereocenters. The molecule has 0 radical (unpaired) electrons. The van der Waals surface area contributed by atoms with Gasteiger partial charge in [0, 0.05) is 22.8 Å². The van der Waals surface area contributed by atoms with Gasteiger partial charge in [0.05, 0.1) is 6.07 Å². The zero-order valence-electron chi connectivity index (χ0n) is 13.3. The van der Waals surface area contributed by atoms with Crippen LogP contribution >= 0.6 is 15.9 Å². The molecule has 0 unspecified atom stereocenters. The fourth-order valence-corrected chi connectivity index (χ4v) is 2.48. The number of anilines is 1. The molecule has 25 heavy (non-hydrogen) atoms. The normalized spacial score (nSPS) is 10.2. The molecule has 0 spiro atoms. The molecule has 0 saturated heterocycles. The second-order valence-corrected chi connectivity index (χ2v) is 6.01. The minimum absolute atomic E-state index is 0.194. The van der Waals surface area contributed by atoms with Crippen LogP contribution in [-0.4, -0.2) is 11.8 Å². The number of nitrogens with zero attached hydrogens (tertiary/aromatic N) is 1. The summed E-state index contributed by atoms with van der Waals surface area (Å²) in [5.74, 6) is -0.574. The molecular formula is C19H16BrN3O2. The molecule has 6 heteroatoms. The van der Waals surface area contributed by atoms with Crippen molar-refractivity contribution in [1.29, 1.82) is 5.26 Å². The quantitative estimate of drug-likeness (QED) is 0.730. The third-order valence-corrected chi connectivity index (χ3v) is 3.96. The van der Waals surface area contributed by atoms with E-state index >= 15 is 0 Å². The number of halogens is 1. The SMILES string of the molecule is N#CCC(=O)Nc1cccc(CNC(=O)/C=C/c2ccccc2Br)c1. The van der Waals surface area contributed by atoms with E-state index in [9.17, 15) is 9.59 Å². The van der Waals surface area contributed by atoms with Crippen molar-refractivity contribution in [1.82, 2.24) is 5.32 Å². The summed E-state index contributed by atoms with van der Waals surface area (Å²) >= 11 is 3.42. The maximum absolute atomic E-state index is 11.9. The highest BCUT2D eigenvalue weighted by atomic mass is 79.9. The minimum atomic E-state index is -0.361. The van der Waals surface area contributed by atoms with Gasteiger partial charge in [-0.05, 0) is 35.4 Å². The van der Waals surface area contributed by atoms with Gasteiger partial charge in [-0.15, -0.1) is 0 Å². The third kappa shape index (κ3) is 6.24. The Hall–Kier alpha value is -2.91. The number of rotatable bonds is 6. The largest absolute Gasteiger partial charge is 0.348 e. The maximum atomic E-state index is 11.9. The molecule has 0 fully saturated rings. The maximum Gasteiger partial charge on any atom is 0.244 e. The summed E-state index contributed by atoms with van der Waals surface area (Å²) in [6, 6.07) is 16.5. The van der Waals surface area contributed by atoms with E-state index in [0.29, 0.717) is 12.2 Å². The smallest absolute Gasteiger partial charge is 0.244 e. The standard InChI is InChI=1S/C19H16BrN3O2/c20-17-7-2-1-5-15(17)8-9-18(24)22-13-14-4-3-6-16(12-14)23-19(25)10-11-21/h1-9,12H,10,13H2,(H,22,24)(H,23,25)/b9-8+. The van der Waals surface area contributed by atoms with Gasteiger partial charge in [0.2, 0.25) is 11.8 Å². The average Bonchev–Trinajstić information content (AvgIpc) is 2.60. The summed E-state index contributed by atoms with van der Waals surface area (Å²) in [7, 11) is 0. The van der Waals surface area contributed by atoms with Crippen LogP contribution in [0.1, 0.15) is 17.5 Å². The van der Waals surface area contributed by atoms with E-state index in [1.165, 1.54) is 6.08 Å². The zero-order chi connectivity index (χ0) is 18.1. The van der Waals surface area contributed by atoms with Crippen LogP contribution in [0, 0.1) is 11.3 Å². The van der Waals surface area contributed by atoms with E-state index in [-0.39, 0.29) is 18.2 Å². The van der Waals surface area contributed by atoms with Crippen LogP contribution in [0.5, 0.6) is 0 Å². The zero-order valence-corrected chi connectivity index (χ0v) is 14.9. The Balaban J connectivity index is 1.90. The van der Waals surface area contributed by atoms with Gasteiger partial charge < -0.3 is 10.6 Å². The highest BCUT2D eigenvalue weighted by molar-refractivity contribution is 9.10. The van der Waals surface area contributed by atoms with Crippen molar-refractivity contribution in [3.63, 3.8) is 0 Å². The fourth-order valence-electron chi connectivity index (χ4n) is 2.06. The monoisotopic (exact) mass is 397 g/mol. The van der Waals surface area contributed by atoms with E-state index < -0.39 is 0 Å². The van der Waals surface area contributed by atoms with Crippen LogP contribution in [-0.2, 0) is 16.1 Å². The number of carbonyl (C=O) groups is 2. The number of amides is 2. The van der Waals surface area contributed by atoms with E-state index in [1.54, 1.807) is 30.3 Å². The van der Waals surface area contributed by atoms with Crippen molar-refractivity contribution in [2.45, 2.75) is 13.0 Å². The summed E-state index contributed by atoms with van der Waals surface area (Å²) < 4.78 is 0.917. The highest BCUT2D eigenvalue weighted by Gasteiger charge is 2.03. The van der Waals surface area contributed by atoms with Crippen molar-refractivity contribution >= 4 is 39.5 Å². The van der Waals surface area contributed by atoms with Gasteiger partial charge in [0.15, 0.2) is 0 Å². The van der Waals surface area contributed by atoms with Gasteiger partial charge in [-0.3, -0.25) is 9.59 Å². The first-order chi connectivity index (χ1) is 12.1. The molecule has 0 aliphatic heterocycles. The van der Waals surface area contributed by atoms with Crippen LogP contribution in [0.25, 0.3) is 6.08 Å². The second kappa shape index (κ2) is 9.40. The molecule has 0 bridgehead atoms. The first-order valence-corrected chi connectivity index (χ1v) is 8.34. The average molecular weight is 398 g/mol. The molecule has 0 aliphatic rings. The van der Waals surface area contributed by atoms with Gasteiger partial charge >= 0.3 is 0 Å². The molecule has 2 aromatic rings. The number of nitriles is 1. The molecular weight excluding hydrogens is 382 g/mol. The van der Waals surface area contributed by atoms with Gasteiger partial charge in [-0.1, -0.05) is 46.3 Å². The van der Waals surface area contributed by atoms with Crippen molar-refractivity contribution in [3.8, 4) is 6.07 Å². The lowest BCUT2D eigenvalue weighted by molar-refractivity contribution is -0.117. The molecule has 0 aliphatic carbocycles. The number of benzene rings is 2. The first kappa shape index (κ1) is 18.4. The van der Waals surface area contributed by atoms with Crippen LogP contribution in [0.2, 0.25) is 0 Å². The summed E-state index contributed by atoms with van der Waals surface area (Å²) in [5.41, 5.74) is 2.35. The molecule has 126 valence electrons. The second-order valence-electron chi connectivity index (χ2n) is 5.16. The lowest BCUT2D eigenvalue weighted by Crippen LogP contribution is -2.20. The van der Waals surface area contributed by atoms with Gasteiger partial charge in [-0.2, -0.15) is 5.26 Å². The predicted molar refractivity (Wildman–Crippen MR) is 100 cm³/mol. The number of hydrogen-bond acceptors (Lipinski definition) is 3. The minimum Gasteiger partial charge on any atom is -0.348 e. The molecule has 2 N–H and O–H groups in total. The van der Waals surface area contributed by atoms with Crippen molar-refractivity contribution in [3.05, 3.63) is 70.2 Å². The van der Waals surface area contributed by atoms with E-state index in [1.807, 2.05) is 30.3 Å². The molecule has 0 saturated carbocycles. The van der Waals surface area contributed by atoms with E-state index in [0.717, 1.165) is 15.6 Å². The molecule has 2 amide bonds. The molecule has 0 heterocycles. The van der Waals surface area contributed by atoms with Crippen molar-refractivity contribution in [2.24, 2.45) is 0 Å².